The fourth-order valence-electron chi connectivity index (χ4n) is 3.28. The second kappa shape index (κ2) is 6.73. The predicted molar refractivity (Wildman–Crippen MR) is 90.4 cm³/mol. The van der Waals surface area contributed by atoms with E-state index in [4.69, 9.17) is 0 Å². The average Bonchev–Trinajstić information content (AvgIpc) is 2.94. The number of thioether (sulfide) groups is 1. The molecule has 22 heavy (non-hydrogen) atoms. The van der Waals surface area contributed by atoms with Gasteiger partial charge >= 0.3 is 0 Å². The minimum atomic E-state index is 0.00769. The van der Waals surface area contributed by atoms with Crippen molar-refractivity contribution >= 4 is 29.3 Å². The van der Waals surface area contributed by atoms with E-state index in [1.54, 1.807) is 6.07 Å². The largest absolute Gasteiger partial charge is 0.348 e. The average molecular weight is 318 g/mol. The van der Waals surface area contributed by atoms with E-state index in [-0.39, 0.29) is 17.9 Å². The van der Waals surface area contributed by atoms with Gasteiger partial charge < -0.3 is 10.6 Å². The molecular weight excluding hydrogens is 296 g/mol. The number of aryl methyl sites for hydroxylation is 1. The van der Waals surface area contributed by atoms with Crippen molar-refractivity contribution < 1.29 is 9.59 Å². The highest BCUT2D eigenvalue weighted by molar-refractivity contribution is 7.99. The summed E-state index contributed by atoms with van der Waals surface area (Å²) < 4.78 is 0. The van der Waals surface area contributed by atoms with Gasteiger partial charge in [-0.05, 0) is 48.8 Å². The summed E-state index contributed by atoms with van der Waals surface area (Å²) in [5.74, 6) is 1.15. The molecule has 2 atom stereocenters. The molecule has 2 amide bonds. The zero-order valence-electron chi connectivity index (χ0n) is 12.9. The van der Waals surface area contributed by atoms with E-state index < -0.39 is 0 Å². The number of hydrogen-bond donors (Lipinski definition) is 2. The first-order valence-electron chi connectivity index (χ1n) is 8.02. The molecular formula is C17H22N2O2S. The predicted octanol–water partition coefficient (Wildman–Crippen LogP) is 2.98. The minimum absolute atomic E-state index is 0.00769. The molecule has 3 rings (SSSR count). The Labute approximate surface area is 135 Å². The van der Waals surface area contributed by atoms with Crippen molar-refractivity contribution in [3.8, 4) is 0 Å². The zero-order valence-corrected chi connectivity index (χ0v) is 13.7. The van der Waals surface area contributed by atoms with Crippen LogP contribution in [0.3, 0.4) is 0 Å². The van der Waals surface area contributed by atoms with Crippen LogP contribution in [0.4, 0.5) is 5.69 Å². The first-order valence-corrected chi connectivity index (χ1v) is 9.07. The Morgan fingerprint density at radius 3 is 3.05 bits per heavy atom. The maximum Gasteiger partial charge on any atom is 0.251 e. The molecule has 1 aromatic rings. The fraction of sp³-hybridized carbons (Fsp3) is 0.529. The summed E-state index contributed by atoms with van der Waals surface area (Å²) in [7, 11) is 0. The maximum absolute atomic E-state index is 12.5. The van der Waals surface area contributed by atoms with Crippen LogP contribution in [-0.2, 0) is 11.2 Å². The Morgan fingerprint density at radius 2 is 2.23 bits per heavy atom. The Kier molecular flexibility index (Phi) is 4.71. The number of fused-ring (bicyclic) bond motifs is 1. The van der Waals surface area contributed by atoms with Gasteiger partial charge in [-0.3, -0.25) is 9.59 Å². The third-order valence-corrected chi connectivity index (χ3v) is 5.74. The van der Waals surface area contributed by atoms with Crippen LogP contribution < -0.4 is 10.6 Å². The molecule has 1 saturated carbocycles. The van der Waals surface area contributed by atoms with Crippen LogP contribution >= 0.6 is 11.8 Å². The summed E-state index contributed by atoms with van der Waals surface area (Å²) in [6.45, 7) is 2.17. The van der Waals surface area contributed by atoms with Crippen molar-refractivity contribution in [2.75, 3.05) is 11.1 Å². The standard InChI is InChI=1S/C17H22N2O2S/c1-2-22-15-5-3-4-14(15)19-17(21)12-6-8-13-11(10-12)7-9-16(20)18-13/h6,8,10,14-15H,2-5,7,9H2,1H3,(H,18,20)(H,19,21)/t14-,15+/m1/s1. The van der Waals surface area contributed by atoms with Gasteiger partial charge in [0.1, 0.15) is 0 Å². The highest BCUT2D eigenvalue weighted by Gasteiger charge is 2.28. The van der Waals surface area contributed by atoms with E-state index in [9.17, 15) is 9.59 Å². The number of amides is 2. The molecule has 118 valence electrons. The Hall–Kier alpha value is -1.49. The minimum Gasteiger partial charge on any atom is -0.348 e. The van der Waals surface area contributed by atoms with Crippen LogP contribution in [0.2, 0.25) is 0 Å². The summed E-state index contributed by atoms with van der Waals surface area (Å²) in [4.78, 5) is 23.9. The van der Waals surface area contributed by atoms with Crippen LogP contribution in [0.25, 0.3) is 0 Å². The van der Waals surface area contributed by atoms with E-state index >= 15 is 0 Å². The van der Waals surface area contributed by atoms with Gasteiger partial charge in [-0.15, -0.1) is 0 Å². The molecule has 4 nitrogen and oxygen atoms in total. The van der Waals surface area contributed by atoms with Crippen LogP contribution in [0.15, 0.2) is 18.2 Å². The lowest BCUT2D eigenvalue weighted by Gasteiger charge is -2.21. The first kappa shape index (κ1) is 15.4. The number of anilines is 1. The van der Waals surface area contributed by atoms with Crippen molar-refractivity contribution in [1.29, 1.82) is 0 Å². The van der Waals surface area contributed by atoms with Crippen LogP contribution in [0.5, 0.6) is 0 Å². The van der Waals surface area contributed by atoms with E-state index in [1.807, 2.05) is 23.9 Å². The van der Waals surface area contributed by atoms with Crippen molar-refractivity contribution in [2.24, 2.45) is 0 Å². The van der Waals surface area contributed by atoms with E-state index in [0.717, 1.165) is 23.4 Å². The van der Waals surface area contributed by atoms with Gasteiger partial charge in [-0.2, -0.15) is 11.8 Å². The van der Waals surface area contributed by atoms with Crippen molar-refractivity contribution in [1.82, 2.24) is 5.32 Å². The highest BCUT2D eigenvalue weighted by Crippen LogP contribution is 2.30. The number of hydrogen-bond acceptors (Lipinski definition) is 3. The van der Waals surface area contributed by atoms with E-state index in [0.29, 0.717) is 23.7 Å². The van der Waals surface area contributed by atoms with Crippen LogP contribution in [-0.4, -0.2) is 28.9 Å². The molecule has 0 saturated heterocycles. The third-order valence-electron chi connectivity index (χ3n) is 4.41. The van der Waals surface area contributed by atoms with E-state index in [1.165, 1.54) is 12.8 Å². The normalized spacial score (nSPS) is 23.8. The van der Waals surface area contributed by atoms with Crippen LogP contribution in [0.1, 0.15) is 48.5 Å². The van der Waals surface area contributed by atoms with Crippen molar-refractivity contribution in [3.05, 3.63) is 29.3 Å². The van der Waals surface area contributed by atoms with Gasteiger partial charge in [-0.25, -0.2) is 0 Å². The number of carbonyl (C=O) groups excluding carboxylic acids is 2. The highest BCUT2D eigenvalue weighted by atomic mass is 32.2. The lowest BCUT2D eigenvalue weighted by atomic mass is 10.00. The molecule has 1 aliphatic carbocycles. The molecule has 0 unspecified atom stereocenters. The monoisotopic (exact) mass is 318 g/mol. The molecule has 5 heteroatoms. The van der Waals surface area contributed by atoms with E-state index in [2.05, 4.69) is 17.6 Å². The summed E-state index contributed by atoms with van der Waals surface area (Å²) in [6, 6.07) is 5.85. The van der Waals surface area contributed by atoms with Crippen LogP contribution in [0, 0.1) is 0 Å². The second-order valence-corrected chi connectivity index (χ2v) is 7.44. The van der Waals surface area contributed by atoms with Gasteiger partial charge in [0.15, 0.2) is 0 Å². The number of rotatable bonds is 4. The molecule has 1 heterocycles. The van der Waals surface area contributed by atoms with Gasteiger partial charge in [0.25, 0.3) is 5.91 Å². The number of nitrogens with one attached hydrogen (secondary N) is 2. The van der Waals surface area contributed by atoms with Crippen molar-refractivity contribution in [3.63, 3.8) is 0 Å². The fourth-order valence-corrected chi connectivity index (χ4v) is 4.48. The summed E-state index contributed by atoms with van der Waals surface area (Å²) >= 11 is 1.95. The third kappa shape index (κ3) is 3.29. The molecule has 1 aromatic carbocycles. The van der Waals surface area contributed by atoms with Gasteiger partial charge in [0, 0.05) is 29.0 Å². The Balaban J connectivity index is 1.69. The number of carbonyl (C=O) groups is 2. The maximum atomic E-state index is 12.5. The topological polar surface area (TPSA) is 58.2 Å². The summed E-state index contributed by atoms with van der Waals surface area (Å²) in [6.07, 6.45) is 4.67. The lowest BCUT2D eigenvalue weighted by Crippen LogP contribution is -2.38. The smallest absolute Gasteiger partial charge is 0.251 e. The molecule has 0 bridgehead atoms. The lowest BCUT2D eigenvalue weighted by molar-refractivity contribution is -0.116. The molecule has 0 spiro atoms. The summed E-state index contributed by atoms with van der Waals surface area (Å²) in [5.41, 5.74) is 2.59. The molecule has 2 N–H and O–H groups in total. The molecule has 1 fully saturated rings. The molecule has 1 aliphatic heterocycles. The van der Waals surface area contributed by atoms with Gasteiger partial charge in [-0.1, -0.05) is 13.3 Å². The molecule has 0 radical (unpaired) electrons. The molecule has 0 aromatic heterocycles. The first-order chi connectivity index (χ1) is 10.7. The van der Waals surface area contributed by atoms with Gasteiger partial charge in [0.05, 0.1) is 0 Å². The zero-order chi connectivity index (χ0) is 15.5. The Bertz CT molecular complexity index is 588. The van der Waals surface area contributed by atoms with Gasteiger partial charge in [0.2, 0.25) is 5.91 Å². The number of benzene rings is 1. The second-order valence-electron chi connectivity index (χ2n) is 5.92. The Morgan fingerprint density at radius 1 is 1.36 bits per heavy atom. The quantitative estimate of drug-likeness (QED) is 0.897. The van der Waals surface area contributed by atoms with Crippen molar-refractivity contribution in [2.45, 2.75) is 50.3 Å². The molecule has 2 aliphatic rings. The SMILES string of the molecule is CCS[C@H]1CCC[C@H]1NC(=O)c1ccc2c(c1)CCC(=O)N2. The summed E-state index contributed by atoms with van der Waals surface area (Å²) in [5, 5.41) is 6.59.